The van der Waals surface area contributed by atoms with Gasteiger partial charge in [0, 0.05) is 5.56 Å². The Morgan fingerprint density at radius 2 is 2.06 bits per heavy atom. The van der Waals surface area contributed by atoms with E-state index in [0.29, 0.717) is 11.3 Å². The summed E-state index contributed by atoms with van der Waals surface area (Å²) >= 11 is 5.92. The van der Waals surface area contributed by atoms with Gasteiger partial charge in [0.05, 0.1) is 12.1 Å². The standard InChI is InChI=1S/C13H17ClFNO/c1-8-7-10(14)12(15)11(13(8)17-2)9-3-5-16-6-4-9/h7,9,16H,3-6H2,1-2H3. The monoisotopic (exact) mass is 257 g/mol. The van der Waals surface area contributed by atoms with E-state index < -0.39 is 0 Å². The van der Waals surface area contributed by atoms with E-state index in [0.717, 1.165) is 31.5 Å². The van der Waals surface area contributed by atoms with Crippen LogP contribution in [0, 0.1) is 12.7 Å². The van der Waals surface area contributed by atoms with E-state index in [9.17, 15) is 4.39 Å². The van der Waals surface area contributed by atoms with Crippen LogP contribution >= 0.6 is 11.6 Å². The summed E-state index contributed by atoms with van der Waals surface area (Å²) in [6, 6.07) is 1.63. The molecule has 1 N–H and O–H groups in total. The first-order valence-electron chi connectivity index (χ1n) is 5.88. The van der Waals surface area contributed by atoms with Crippen molar-refractivity contribution < 1.29 is 9.13 Å². The topological polar surface area (TPSA) is 21.3 Å². The molecule has 1 heterocycles. The Bertz CT molecular complexity index is 416. The van der Waals surface area contributed by atoms with Crippen molar-refractivity contribution in [2.24, 2.45) is 0 Å². The number of halogens is 2. The Balaban J connectivity index is 2.48. The number of aryl methyl sites for hydroxylation is 1. The van der Waals surface area contributed by atoms with Crippen LogP contribution in [-0.4, -0.2) is 20.2 Å². The number of piperidine rings is 1. The lowest BCUT2D eigenvalue weighted by Crippen LogP contribution is -2.27. The summed E-state index contributed by atoms with van der Waals surface area (Å²) in [5.74, 6) is 0.531. The first kappa shape index (κ1) is 12.7. The van der Waals surface area contributed by atoms with Crippen LogP contribution in [0.15, 0.2) is 6.07 Å². The molecule has 0 unspecified atom stereocenters. The Morgan fingerprint density at radius 1 is 1.41 bits per heavy atom. The largest absolute Gasteiger partial charge is 0.496 e. The van der Waals surface area contributed by atoms with Gasteiger partial charge < -0.3 is 10.1 Å². The number of hydrogen-bond donors (Lipinski definition) is 1. The zero-order chi connectivity index (χ0) is 12.4. The molecule has 1 aliphatic rings. The minimum atomic E-state index is -0.319. The molecule has 1 aromatic rings. The molecule has 1 saturated heterocycles. The van der Waals surface area contributed by atoms with Crippen molar-refractivity contribution in [3.05, 3.63) is 28.0 Å². The molecular weight excluding hydrogens is 241 g/mol. The van der Waals surface area contributed by atoms with Crippen molar-refractivity contribution in [2.45, 2.75) is 25.7 Å². The van der Waals surface area contributed by atoms with Crippen LogP contribution in [0.4, 0.5) is 4.39 Å². The average Bonchev–Trinajstić information content (AvgIpc) is 2.34. The second-order valence-corrected chi connectivity index (χ2v) is 4.87. The SMILES string of the molecule is COc1c(C)cc(Cl)c(F)c1C1CCNCC1. The molecule has 4 heteroatoms. The molecule has 17 heavy (non-hydrogen) atoms. The van der Waals surface area contributed by atoms with E-state index >= 15 is 0 Å². The third-order valence-electron chi connectivity index (χ3n) is 3.34. The number of hydrogen-bond acceptors (Lipinski definition) is 2. The Morgan fingerprint density at radius 3 is 2.65 bits per heavy atom. The van der Waals surface area contributed by atoms with Crippen molar-refractivity contribution in [3.8, 4) is 5.75 Å². The number of rotatable bonds is 2. The molecule has 0 bridgehead atoms. The summed E-state index contributed by atoms with van der Waals surface area (Å²) in [6.45, 7) is 3.73. The van der Waals surface area contributed by atoms with Gasteiger partial charge in [0.15, 0.2) is 0 Å². The maximum atomic E-state index is 14.2. The van der Waals surface area contributed by atoms with Gasteiger partial charge >= 0.3 is 0 Å². The third kappa shape index (κ3) is 2.40. The first-order chi connectivity index (χ1) is 8.15. The second-order valence-electron chi connectivity index (χ2n) is 4.46. The maximum absolute atomic E-state index is 14.2. The van der Waals surface area contributed by atoms with Gasteiger partial charge in [-0.1, -0.05) is 11.6 Å². The van der Waals surface area contributed by atoms with Crippen molar-refractivity contribution in [3.63, 3.8) is 0 Å². The van der Waals surface area contributed by atoms with E-state index in [1.807, 2.05) is 6.92 Å². The minimum Gasteiger partial charge on any atom is -0.496 e. The van der Waals surface area contributed by atoms with Crippen molar-refractivity contribution >= 4 is 11.6 Å². The first-order valence-corrected chi connectivity index (χ1v) is 6.26. The van der Waals surface area contributed by atoms with Crippen molar-refractivity contribution in [1.29, 1.82) is 0 Å². The van der Waals surface area contributed by atoms with Crippen LogP contribution in [0.25, 0.3) is 0 Å². The van der Waals surface area contributed by atoms with Crippen LogP contribution in [-0.2, 0) is 0 Å². The lowest BCUT2D eigenvalue weighted by atomic mass is 9.88. The van der Waals surface area contributed by atoms with Crippen LogP contribution < -0.4 is 10.1 Å². The third-order valence-corrected chi connectivity index (χ3v) is 3.62. The molecule has 0 aromatic heterocycles. The number of benzene rings is 1. The highest BCUT2D eigenvalue weighted by Crippen LogP contribution is 2.39. The highest BCUT2D eigenvalue weighted by Gasteiger charge is 2.25. The molecule has 0 amide bonds. The fourth-order valence-corrected chi connectivity index (χ4v) is 2.77. The van der Waals surface area contributed by atoms with Gasteiger partial charge in [-0.15, -0.1) is 0 Å². The van der Waals surface area contributed by atoms with Crippen molar-refractivity contribution in [1.82, 2.24) is 5.32 Å². The zero-order valence-electron chi connectivity index (χ0n) is 10.1. The fourth-order valence-electron chi connectivity index (χ4n) is 2.51. The van der Waals surface area contributed by atoms with Gasteiger partial charge in [0.1, 0.15) is 11.6 Å². The smallest absolute Gasteiger partial charge is 0.148 e. The van der Waals surface area contributed by atoms with E-state index in [1.54, 1.807) is 13.2 Å². The van der Waals surface area contributed by atoms with Crippen LogP contribution in [0.3, 0.4) is 0 Å². The summed E-state index contributed by atoms with van der Waals surface area (Å²) in [5.41, 5.74) is 1.55. The summed E-state index contributed by atoms with van der Waals surface area (Å²) in [7, 11) is 1.58. The quantitative estimate of drug-likeness (QED) is 0.878. The Kier molecular flexibility index (Phi) is 3.89. The van der Waals surface area contributed by atoms with Crippen LogP contribution in [0.1, 0.15) is 29.9 Å². The summed E-state index contributed by atoms with van der Waals surface area (Å²) in [4.78, 5) is 0. The zero-order valence-corrected chi connectivity index (χ0v) is 10.9. The predicted octanol–water partition coefficient (Wildman–Crippen LogP) is 3.26. The van der Waals surface area contributed by atoms with E-state index in [2.05, 4.69) is 5.32 Å². The van der Waals surface area contributed by atoms with E-state index in [-0.39, 0.29) is 16.8 Å². The summed E-state index contributed by atoms with van der Waals surface area (Å²) in [6.07, 6.45) is 1.85. The van der Waals surface area contributed by atoms with Crippen molar-refractivity contribution in [2.75, 3.05) is 20.2 Å². The van der Waals surface area contributed by atoms with Gasteiger partial charge in [-0.25, -0.2) is 4.39 Å². The molecule has 2 rings (SSSR count). The molecule has 1 aromatic carbocycles. The molecule has 0 radical (unpaired) electrons. The molecule has 2 nitrogen and oxygen atoms in total. The summed E-state index contributed by atoms with van der Waals surface area (Å²) < 4.78 is 19.5. The highest BCUT2D eigenvalue weighted by atomic mass is 35.5. The molecule has 1 fully saturated rings. The van der Waals surface area contributed by atoms with E-state index in [4.69, 9.17) is 16.3 Å². The molecule has 1 aliphatic heterocycles. The fraction of sp³-hybridized carbons (Fsp3) is 0.538. The predicted molar refractivity (Wildman–Crippen MR) is 67.5 cm³/mol. The van der Waals surface area contributed by atoms with Gasteiger partial charge in [0.2, 0.25) is 0 Å². The van der Waals surface area contributed by atoms with Gasteiger partial charge in [0.25, 0.3) is 0 Å². The Hall–Kier alpha value is -0.800. The number of ether oxygens (including phenoxy) is 1. The molecule has 0 saturated carbocycles. The molecule has 0 spiro atoms. The molecule has 94 valence electrons. The van der Waals surface area contributed by atoms with Crippen LogP contribution in [0.2, 0.25) is 5.02 Å². The molecule has 0 atom stereocenters. The minimum absolute atomic E-state index is 0.192. The van der Waals surface area contributed by atoms with Gasteiger partial charge in [-0.05, 0) is 50.4 Å². The lowest BCUT2D eigenvalue weighted by molar-refractivity contribution is 0.379. The highest BCUT2D eigenvalue weighted by molar-refractivity contribution is 6.31. The number of methoxy groups -OCH3 is 1. The lowest BCUT2D eigenvalue weighted by Gasteiger charge is -2.26. The van der Waals surface area contributed by atoms with Crippen LogP contribution in [0.5, 0.6) is 5.75 Å². The van der Waals surface area contributed by atoms with E-state index in [1.165, 1.54) is 0 Å². The Labute approximate surface area is 106 Å². The maximum Gasteiger partial charge on any atom is 0.148 e. The normalized spacial score (nSPS) is 17.2. The molecular formula is C13H17ClFNO. The molecule has 0 aliphatic carbocycles. The summed E-state index contributed by atoms with van der Waals surface area (Å²) in [5, 5.41) is 3.47. The van der Waals surface area contributed by atoms with Gasteiger partial charge in [-0.2, -0.15) is 0 Å². The average molecular weight is 258 g/mol. The second kappa shape index (κ2) is 5.23. The van der Waals surface area contributed by atoms with Gasteiger partial charge in [-0.3, -0.25) is 0 Å². The number of nitrogens with one attached hydrogen (secondary N) is 1.